The third kappa shape index (κ3) is 1.26. The summed E-state index contributed by atoms with van der Waals surface area (Å²) in [4.78, 5) is 0. The lowest BCUT2D eigenvalue weighted by atomic mass is 10.1. The average Bonchev–Trinajstić information content (AvgIpc) is 2.10. The topological polar surface area (TPSA) is 55.5 Å². The Morgan fingerprint density at radius 2 is 2.56 bits per heavy atom. The van der Waals surface area contributed by atoms with Gasteiger partial charge in [-0.25, -0.2) is 0 Å². The zero-order valence-electron chi connectivity index (χ0n) is 5.37. The standard InChI is InChI=1S/C5H10BNO2/c6-5-1-3(7)4(2-8)9-5/h1,3-4,8H,2,6-7H2/t3-,4-/m1/s1. The van der Waals surface area contributed by atoms with Gasteiger partial charge in [0, 0.05) is 5.66 Å². The summed E-state index contributed by atoms with van der Waals surface area (Å²) < 4.78 is 5.11. The monoisotopic (exact) mass is 127 g/mol. The van der Waals surface area contributed by atoms with Crippen LogP contribution in [0.1, 0.15) is 0 Å². The number of ether oxygens (including phenoxy) is 1. The van der Waals surface area contributed by atoms with Crippen LogP contribution in [0, 0.1) is 0 Å². The minimum atomic E-state index is -0.218. The molecule has 0 aromatic heterocycles. The highest BCUT2D eigenvalue weighted by molar-refractivity contribution is 6.20. The first kappa shape index (κ1) is 6.64. The molecule has 3 nitrogen and oxygen atoms in total. The van der Waals surface area contributed by atoms with Gasteiger partial charge in [-0.05, 0) is 6.08 Å². The highest BCUT2D eigenvalue weighted by atomic mass is 16.5. The van der Waals surface area contributed by atoms with Crippen molar-refractivity contribution in [3.63, 3.8) is 0 Å². The summed E-state index contributed by atoms with van der Waals surface area (Å²) in [5.74, 6) is 0. The highest BCUT2D eigenvalue weighted by Crippen LogP contribution is 2.11. The summed E-state index contributed by atoms with van der Waals surface area (Å²) in [6, 6.07) is -0.130. The number of rotatable bonds is 1. The number of hydrogen-bond acceptors (Lipinski definition) is 3. The van der Waals surface area contributed by atoms with Crippen LogP contribution < -0.4 is 5.73 Å². The van der Waals surface area contributed by atoms with Gasteiger partial charge in [-0.3, -0.25) is 0 Å². The molecule has 0 spiro atoms. The molecule has 0 radical (unpaired) electrons. The highest BCUT2D eigenvalue weighted by Gasteiger charge is 2.22. The summed E-state index contributed by atoms with van der Waals surface area (Å²) in [6.07, 6.45) is 1.59. The van der Waals surface area contributed by atoms with E-state index in [0.717, 1.165) is 5.66 Å². The minimum absolute atomic E-state index is 0.00495. The molecule has 2 atom stereocenters. The molecule has 0 amide bonds. The lowest BCUT2D eigenvalue weighted by Gasteiger charge is -2.11. The van der Waals surface area contributed by atoms with E-state index in [1.165, 1.54) is 0 Å². The van der Waals surface area contributed by atoms with Crippen LogP contribution in [0.4, 0.5) is 0 Å². The first-order chi connectivity index (χ1) is 4.24. The smallest absolute Gasteiger partial charge is 0.185 e. The van der Waals surface area contributed by atoms with Gasteiger partial charge in [0.25, 0.3) is 0 Å². The van der Waals surface area contributed by atoms with E-state index in [-0.39, 0.29) is 18.8 Å². The van der Waals surface area contributed by atoms with E-state index in [0.29, 0.717) is 0 Å². The Morgan fingerprint density at radius 3 is 2.78 bits per heavy atom. The Morgan fingerprint density at radius 1 is 1.89 bits per heavy atom. The Labute approximate surface area is 54.9 Å². The molecular weight excluding hydrogens is 117 g/mol. The molecule has 0 saturated heterocycles. The van der Waals surface area contributed by atoms with Crippen molar-refractivity contribution in [3.05, 3.63) is 11.7 Å². The van der Waals surface area contributed by atoms with Gasteiger partial charge in [-0.1, -0.05) is 0 Å². The maximum atomic E-state index is 8.62. The van der Waals surface area contributed by atoms with Gasteiger partial charge >= 0.3 is 0 Å². The number of nitrogens with two attached hydrogens (primary N) is 1. The summed E-state index contributed by atoms with van der Waals surface area (Å²) >= 11 is 0. The molecule has 0 aromatic carbocycles. The largest absolute Gasteiger partial charge is 0.502 e. The maximum Gasteiger partial charge on any atom is 0.185 e. The second-order valence-corrected chi connectivity index (χ2v) is 2.19. The van der Waals surface area contributed by atoms with Crippen molar-refractivity contribution in [2.24, 2.45) is 5.73 Å². The van der Waals surface area contributed by atoms with Crippen molar-refractivity contribution < 1.29 is 9.84 Å². The molecule has 4 heteroatoms. The molecule has 9 heavy (non-hydrogen) atoms. The van der Waals surface area contributed by atoms with Crippen LogP contribution in [0.5, 0.6) is 0 Å². The fourth-order valence-corrected chi connectivity index (χ4v) is 0.894. The van der Waals surface area contributed by atoms with Crippen LogP contribution in [-0.2, 0) is 4.74 Å². The molecular formula is C5H10BNO2. The molecule has 1 aliphatic rings. The Balaban J connectivity index is 2.49. The molecule has 0 bridgehead atoms. The van der Waals surface area contributed by atoms with Crippen LogP contribution in [0.15, 0.2) is 11.7 Å². The molecule has 0 aromatic rings. The van der Waals surface area contributed by atoms with Crippen molar-refractivity contribution in [2.45, 2.75) is 12.1 Å². The summed E-state index contributed by atoms with van der Waals surface area (Å²) in [6.45, 7) is -0.00495. The van der Waals surface area contributed by atoms with Gasteiger partial charge in [-0.15, -0.1) is 0 Å². The van der Waals surface area contributed by atoms with E-state index in [9.17, 15) is 0 Å². The van der Waals surface area contributed by atoms with Crippen molar-refractivity contribution in [1.82, 2.24) is 0 Å². The van der Waals surface area contributed by atoms with Crippen LogP contribution in [0.25, 0.3) is 0 Å². The Kier molecular flexibility index (Phi) is 1.78. The van der Waals surface area contributed by atoms with E-state index in [2.05, 4.69) is 0 Å². The lowest BCUT2D eigenvalue weighted by molar-refractivity contribution is 0.0810. The van der Waals surface area contributed by atoms with Crippen molar-refractivity contribution in [2.75, 3.05) is 6.61 Å². The molecule has 0 fully saturated rings. The number of aliphatic hydroxyl groups excluding tert-OH is 1. The van der Waals surface area contributed by atoms with Gasteiger partial charge in [0.1, 0.15) is 6.10 Å². The molecule has 1 heterocycles. The molecule has 0 unspecified atom stereocenters. The van der Waals surface area contributed by atoms with Crippen LogP contribution >= 0.6 is 0 Å². The normalized spacial score (nSPS) is 33.8. The van der Waals surface area contributed by atoms with E-state index in [4.69, 9.17) is 15.6 Å². The zero-order chi connectivity index (χ0) is 6.85. The zero-order valence-corrected chi connectivity index (χ0v) is 5.37. The molecule has 3 N–H and O–H groups in total. The fourth-order valence-electron chi connectivity index (χ4n) is 0.894. The van der Waals surface area contributed by atoms with Crippen molar-refractivity contribution in [1.29, 1.82) is 0 Å². The molecule has 0 aliphatic carbocycles. The van der Waals surface area contributed by atoms with E-state index < -0.39 is 0 Å². The Hall–Kier alpha value is -0.475. The molecule has 1 aliphatic heterocycles. The van der Waals surface area contributed by atoms with E-state index in [1.807, 2.05) is 7.85 Å². The van der Waals surface area contributed by atoms with E-state index in [1.54, 1.807) is 6.08 Å². The molecule has 50 valence electrons. The molecule has 0 saturated carbocycles. The van der Waals surface area contributed by atoms with Crippen LogP contribution in [-0.4, -0.2) is 31.7 Å². The first-order valence-electron chi connectivity index (χ1n) is 2.95. The predicted molar refractivity (Wildman–Crippen MR) is 36.6 cm³/mol. The lowest BCUT2D eigenvalue weighted by Crippen LogP contribution is -2.33. The van der Waals surface area contributed by atoms with Gasteiger partial charge in [0.05, 0.1) is 12.6 Å². The summed E-state index contributed by atoms with van der Waals surface area (Å²) in [7, 11) is 1.83. The van der Waals surface area contributed by atoms with Gasteiger partial charge in [0.2, 0.25) is 0 Å². The predicted octanol–water partition coefficient (Wildman–Crippen LogP) is -1.82. The van der Waals surface area contributed by atoms with Gasteiger partial charge in [0.15, 0.2) is 7.85 Å². The third-order valence-electron chi connectivity index (χ3n) is 1.37. The quantitative estimate of drug-likeness (QED) is 0.407. The van der Waals surface area contributed by atoms with Crippen molar-refractivity contribution in [3.8, 4) is 0 Å². The van der Waals surface area contributed by atoms with Crippen LogP contribution in [0.3, 0.4) is 0 Å². The van der Waals surface area contributed by atoms with Crippen molar-refractivity contribution >= 4 is 7.85 Å². The fraction of sp³-hybridized carbons (Fsp3) is 0.600. The summed E-state index contributed by atoms with van der Waals surface area (Å²) in [5, 5.41) is 8.62. The van der Waals surface area contributed by atoms with E-state index >= 15 is 0 Å². The maximum absolute atomic E-state index is 8.62. The Bertz CT molecular complexity index is 137. The van der Waals surface area contributed by atoms with Gasteiger partial charge in [-0.2, -0.15) is 0 Å². The van der Waals surface area contributed by atoms with Crippen LogP contribution in [0.2, 0.25) is 0 Å². The number of aliphatic hydroxyl groups is 1. The third-order valence-corrected chi connectivity index (χ3v) is 1.37. The number of hydrogen-bond donors (Lipinski definition) is 2. The first-order valence-corrected chi connectivity index (χ1v) is 2.95. The second-order valence-electron chi connectivity index (χ2n) is 2.19. The summed E-state index contributed by atoms with van der Waals surface area (Å²) in [5.41, 5.74) is 6.33. The average molecular weight is 127 g/mol. The SMILES string of the molecule is BC1=C[C@@H](N)[C@@H](CO)O1. The minimum Gasteiger partial charge on any atom is -0.502 e. The molecule has 1 rings (SSSR count). The second kappa shape index (κ2) is 2.41. The van der Waals surface area contributed by atoms with Gasteiger partial charge < -0.3 is 15.6 Å².